The second-order valence-electron chi connectivity index (χ2n) is 4.07. The van der Waals surface area contributed by atoms with Gasteiger partial charge in [0.2, 0.25) is 0 Å². The van der Waals surface area contributed by atoms with Crippen LogP contribution in [0.3, 0.4) is 0 Å². The molecule has 0 aliphatic rings. The van der Waals surface area contributed by atoms with Crippen LogP contribution in [0.25, 0.3) is 6.08 Å². The van der Waals surface area contributed by atoms with Gasteiger partial charge in [0.05, 0.1) is 0 Å². The monoisotopic (exact) mass is 203 g/mol. The number of rotatable bonds is 5. The van der Waals surface area contributed by atoms with Gasteiger partial charge in [-0.1, -0.05) is 43.8 Å². The van der Waals surface area contributed by atoms with E-state index in [1.54, 1.807) is 0 Å². The molecule has 0 spiro atoms. The highest BCUT2D eigenvalue weighted by Gasteiger charge is 2.07. The van der Waals surface area contributed by atoms with Gasteiger partial charge in [0.25, 0.3) is 0 Å². The highest BCUT2D eigenvalue weighted by atomic mass is 14.9. The summed E-state index contributed by atoms with van der Waals surface area (Å²) in [5.74, 6) is 0. The van der Waals surface area contributed by atoms with E-state index in [4.69, 9.17) is 0 Å². The standard InChI is InChI=1S/C14H21N/c1-5-11(3)15-12(4)14-9-7-13(6-2)8-10-14/h6-12,15H,2,5H2,1,3-4H3. The third-order valence-electron chi connectivity index (χ3n) is 2.82. The predicted molar refractivity (Wildman–Crippen MR) is 67.8 cm³/mol. The zero-order chi connectivity index (χ0) is 11.3. The Morgan fingerprint density at radius 2 is 1.87 bits per heavy atom. The van der Waals surface area contributed by atoms with Crippen molar-refractivity contribution in [3.05, 3.63) is 42.0 Å². The van der Waals surface area contributed by atoms with Crippen LogP contribution in [-0.4, -0.2) is 6.04 Å². The van der Waals surface area contributed by atoms with Gasteiger partial charge in [0.15, 0.2) is 0 Å². The summed E-state index contributed by atoms with van der Waals surface area (Å²) in [6.07, 6.45) is 3.03. The van der Waals surface area contributed by atoms with Crippen LogP contribution >= 0.6 is 0 Å². The molecule has 0 amide bonds. The Kier molecular flexibility index (Phi) is 4.57. The molecule has 1 heteroatoms. The lowest BCUT2D eigenvalue weighted by Crippen LogP contribution is -2.28. The van der Waals surface area contributed by atoms with E-state index in [1.807, 2.05) is 6.08 Å². The first-order valence-corrected chi connectivity index (χ1v) is 5.65. The van der Waals surface area contributed by atoms with Crippen molar-refractivity contribution < 1.29 is 0 Å². The third kappa shape index (κ3) is 3.52. The molecule has 1 rings (SSSR count). The lowest BCUT2D eigenvalue weighted by Gasteiger charge is -2.19. The van der Waals surface area contributed by atoms with E-state index in [9.17, 15) is 0 Å². The average molecular weight is 203 g/mol. The maximum absolute atomic E-state index is 3.75. The van der Waals surface area contributed by atoms with Crippen molar-refractivity contribution in [2.45, 2.75) is 39.3 Å². The summed E-state index contributed by atoms with van der Waals surface area (Å²) in [6.45, 7) is 10.4. The van der Waals surface area contributed by atoms with Crippen LogP contribution in [0.4, 0.5) is 0 Å². The molecule has 0 saturated carbocycles. The quantitative estimate of drug-likeness (QED) is 0.768. The van der Waals surface area contributed by atoms with E-state index < -0.39 is 0 Å². The Hall–Kier alpha value is -1.08. The summed E-state index contributed by atoms with van der Waals surface area (Å²) >= 11 is 0. The van der Waals surface area contributed by atoms with Crippen LogP contribution in [0.2, 0.25) is 0 Å². The highest BCUT2D eigenvalue weighted by molar-refractivity contribution is 5.47. The van der Waals surface area contributed by atoms with Crippen LogP contribution in [0.15, 0.2) is 30.8 Å². The Labute approximate surface area is 93.2 Å². The molecule has 0 aromatic heterocycles. The molecular weight excluding hydrogens is 182 g/mol. The van der Waals surface area contributed by atoms with Gasteiger partial charge in [0, 0.05) is 12.1 Å². The molecule has 0 fully saturated rings. The lowest BCUT2D eigenvalue weighted by molar-refractivity contribution is 0.469. The number of hydrogen-bond donors (Lipinski definition) is 1. The topological polar surface area (TPSA) is 12.0 Å². The molecule has 1 nitrogen and oxygen atoms in total. The molecule has 0 bridgehead atoms. The first-order valence-electron chi connectivity index (χ1n) is 5.65. The molecule has 0 radical (unpaired) electrons. The molecule has 0 heterocycles. The van der Waals surface area contributed by atoms with Crippen molar-refractivity contribution in [2.75, 3.05) is 0 Å². The molecule has 1 aromatic carbocycles. The summed E-state index contributed by atoms with van der Waals surface area (Å²) in [4.78, 5) is 0. The van der Waals surface area contributed by atoms with Gasteiger partial charge in [0.1, 0.15) is 0 Å². The molecule has 1 aromatic rings. The van der Waals surface area contributed by atoms with Gasteiger partial charge in [-0.15, -0.1) is 0 Å². The van der Waals surface area contributed by atoms with Gasteiger partial charge < -0.3 is 5.32 Å². The zero-order valence-corrected chi connectivity index (χ0v) is 9.96. The van der Waals surface area contributed by atoms with Crippen molar-refractivity contribution in [1.82, 2.24) is 5.32 Å². The van der Waals surface area contributed by atoms with Gasteiger partial charge >= 0.3 is 0 Å². The molecular formula is C14H21N. The second-order valence-corrected chi connectivity index (χ2v) is 4.07. The molecule has 1 N–H and O–H groups in total. The molecule has 0 aliphatic heterocycles. The summed E-state index contributed by atoms with van der Waals surface area (Å²) in [7, 11) is 0. The lowest BCUT2D eigenvalue weighted by atomic mass is 10.0. The number of hydrogen-bond acceptors (Lipinski definition) is 1. The largest absolute Gasteiger partial charge is 0.308 e. The van der Waals surface area contributed by atoms with E-state index in [0.29, 0.717) is 12.1 Å². The van der Waals surface area contributed by atoms with Crippen molar-refractivity contribution >= 4 is 6.08 Å². The first-order chi connectivity index (χ1) is 7.17. The van der Waals surface area contributed by atoms with Crippen LogP contribution < -0.4 is 5.32 Å². The fourth-order valence-electron chi connectivity index (χ4n) is 1.56. The third-order valence-corrected chi connectivity index (χ3v) is 2.82. The minimum absolute atomic E-state index is 0.416. The minimum Gasteiger partial charge on any atom is -0.308 e. The maximum Gasteiger partial charge on any atom is 0.0294 e. The molecule has 0 aliphatic carbocycles. The summed E-state index contributed by atoms with van der Waals surface area (Å²) < 4.78 is 0. The Bertz CT molecular complexity index is 300. The van der Waals surface area contributed by atoms with Gasteiger partial charge in [-0.3, -0.25) is 0 Å². The Balaban J connectivity index is 2.65. The van der Waals surface area contributed by atoms with Gasteiger partial charge in [-0.2, -0.15) is 0 Å². The maximum atomic E-state index is 3.75. The minimum atomic E-state index is 0.416. The van der Waals surface area contributed by atoms with E-state index in [-0.39, 0.29) is 0 Å². The fourth-order valence-corrected chi connectivity index (χ4v) is 1.56. The van der Waals surface area contributed by atoms with Crippen molar-refractivity contribution in [1.29, 1.82) is 0 Å². The van der Waals surface area contributed by atoms with E-state index >= 15 is 0 Å². The average Bonchev–Trinajstić information content (AvgIpc) is 2.29. The summed E-state index contributed by atoms with van der Waals surface area (Å²) in [6, 6.07) is 9.53. The Morgan fingerprint density at radius 3 is 2.33 bits per heavy atom. The molecule has 0 saturated heterocycles. The van der Waals surface area contributed by atoms with Crippen molar-refractivity contribution in [2.24, 2.45) is 0 Å². The van der Waals surface area contributed by atoms with Gasteiger partial charge in [-0.25, -0.2) is 0 Å². The van der Waals surface area contributed by atoms with Gasteiger partial charge in [-0.05, 0) is 31.4 Å². The summed E-state index contributed by atoms with van der Waals surface area (Å²) in [5, 5.41) is 3.56. The number of nitrogens with one attached hydrogen (secondary N) is 1. The normalized spacial score (nSPS) is 14.6. The molecule has 2 unspecified atom stereocenters. The molecule has 82 valence electrons. The van der Waals surface area contributed by atoms with Crippen LogP contribution in [0.5, 0.6) is 0 Å². The van der Waals surface area contributed by atoms with E-state index in [0.717, 1.165) is 6.42 Å². The number of benzene rings is 1. The SMILES string of the molecule is C=Cc1ccc(C(C)NC(C)CC)cc1. The first kappa shape index (κ1) is 12.0. The second kappa shape index (κ2) is 5.72. The molecule has 2 atom stereocenters. The Morgan fingerprint density at radius 1 is 1.27 bits per heavy atom. The zero-order valence-electron chi connectivity index (χ0n) is 9.96. The predicted octanol–water partition coefficient (Wildman–Crippen LogP) is 3.78. The van der Waals surface area contributed by atoms with Crippen LogP contribution in [0.1, 0.15) is 44.4 Å². The highest BCUT2D eigenvalue weighted by Crippen LogP contribution is 2.14. The summed E-state index contributed by atoms with van der Waals surface area (Å²) in [5.41, 5.74) is 2.51. The molecule has 15 heavy (non-hydrogen) atoms. The van der Waals surface area contributed by atoms with Crippen molar-refractivity contribution in [3.8, 4) is 0 Å². The van der Waals surface area contributed by atoms with E-state index in [1.165, 1.54) is 11.1 Å². The van der Waals surface area contributed by atoms with E-state index in [2.05, 4.69) is 56.9 Å². The fraction of sp³-hybridized carbons (Fsp3) is 0.429. The van der Waals surface area contributed by atoms with Crippen molar-refractivity contribution in [3.63, 3.8) is 0 Å². The smallest absolute Gasteiger partial charge is 0.0294 e. The van der Waals surface area contributed by atoms with Crippen LogP contribution in [-0.2, 0) is 0 Å². The van der Waals surface area contributed by atoms with Crippen LogP contribution in [0, 0.1) is 0 Å².